The van der Waals surface area contributed by atoms with Gasteiger partial charge in [-0.15, -0.1) is 0 Å². The van der Waals surface area contributed by atoms with E-state index in [0.717, 1.165) is 30.5 Å². The molecule has 1 aliphatic rings. The quantitative estimate of drug-likeness (QED) is 0.692. The van der Waals surface area contributed by atoms with Crippen LogP contribution in [0.2, 0.25) is 0 Å². The Morgan fingerprint density at radius 3 is 2.73 bits per heavy atom. The molecule has 15 heavy (non-hydrogen) atoms. The van der Waals surface area contributed by atoms with Crippen LogP contribution in [0.25, 0.3) is 0 Å². The first-order valence-corrected chi connectivity index (χ1v) is 5.42. The number of benzene rings is 1. The van der Waals surface area contributed by atoms with Crippen molar-refractivity contribution in [2.75, 3.05) is 6.61 Å². The predicted molar refractivity (Wildman–Crippen MR) is 60.2 cm³/mol. The Hall–Kier alpha value is -0.795. The van der Waals surface area contributed by atoms with Gasteiger partial charge in [0.15, 0.2) is 6.29 Å². The van der Waals surface area contributed by atoms with Gasteiger partial charge in [0, 0.05) is 6.61 Å². The third kappa shape index (κ3) is 3.36. The maximum absolute atomic E-state index is 5.65. The summed E-state index contributed by atoms with van der Waals surface area (Å²) in [5, 5.41) is 0. The molecule has 2 nitrogen and oxygen atoms in total. The Balaban J connectivity index is 1.79. The molecule has 1 fully saturated rings. The highest BCUT2D eigenvalue weighted by molar-refractivity contribution is 6.32. The second-order valence-electron chi connectivity index (χ2n) is 3.85. The van der Waals surface area contributed by atoms with Gasteiger partial charge in [-0.25, -0.2) is 0 Å². The maximum Gasteiger partial charge on any atom is 0.158 e. The van der Waals surface area contributed by atoms with Crippen LogP contribution in [0.3, 0.4) is 0 Å². The number of hydrogen-bond donors (Lipinski definition) is 0. The van der Waals surface area contributed by atoms with Crippen LogP contribution in [0, 0.1) is 0 Å². The van der Waals surface area contributed by atoms with Gasteiger partial charge in [0.05, 0.1) is 6.61 Å². The maximum atomic E-state index is 5.65. The van der Waals surface area contributed by atoms with Crippen LogP contribution in [0.4, 0.5) is 0 Å². The highest BCUT2D eigenvalue weighted by Crippen LogP contribution is 2.15. The Morgan fingerprint density at radius 2 is 2.07 bits per heavy atom. The van der Waals surface area contributed by atoms with Crippen molar-refractivity contribution in [1.82, 2.24) is 0 Å². The fourth-order valence-electron chi connectivity index (χ4n) is 1.65. The molecule has 0 aliphatic carbocycles. The molecule has 0 spiro atoms. The first kappa shape index (κ1) is 10.7. The lowest BCUT2D eigenvalue weighted by atomic mass is 9.95. The van der Waals surface area contributed by atoms with Crippen molar-refractivity contribution in [1.29, 1.82) is 0 Å². The molecule has 0 aromatic heterocycles. The molecule has 1 aromatic rings. The van der Waals surface area contributed by atoms with E-state index in [4.69, 9.17) is 17.3 Å². The molecule has 0 amide bonds. The molecular formula is C12H15BO2. The van der Waals surface area contributed by atoms with E-state index in [1.165, 1.54) is 6.42 Å². The predicted octanol–water partition coefficient (Wildman–Crippen LogP) is 1.52. The van der Waals surface area contributed by atoms with E-state index in [2.05, 4.69) is 0 Å². The molecule has 1 unspecified atom stereocenters. The van der Waals surface area contributed by atoms with Crippen LogP contribution in [0.5, 0.6) is 0 Å². The van der Waals surface area contributed by atoms with Crippen molar-refractivity contribution >= 4 is 13.3 Å². The molecule has 0 N–H and O–H groups in total. The van der Waals surface area contributed by atoms with Gasteiger partial charge in [-0.3, -0.25) is 0 Å². The minimum absolute atomic E-state index is 0.0173. The Kier molecular flexibility index (Phi) is 3.81. The van der Waals surface area contributed by atoms with Gasteiger partial charge < -0.3 is 9.47 Å². The Morgan fingerprint density at radius 1 is 1.27 bits per heavy atom. The SMILES string of the molecule is [B]c1ccc(COC2CCCCO2)cc1. The summed E-state index contributed by atoms with van der Waals surface area (Å²) >= 11 is 0. The molecule has 1 heterocycles. The topological polar surface area (TPSA) is 18.5 Å². The second kappa shape index (κ2) is 5.33. The van der Waals surface area contributed by atoms with Crippen LogP contribution < -0.4 is 5.46 Å². The summed E-state index contributed by atoms with van der Waals surface area (Å²) in [6.07, 6.45) is 3.35. The molecule has 0 saturated carbocycles. The first-order chi connectivity index (χ1) is 7.34. The highest BCUT2D eigenvalue weighted by atomic mass is 16.7. The summed E-state index contributed by atoms with van der Waals surface area (Å²) in [4.78, 5) is 0. The van der Waals surface area contributed by atoms with E-state index >= 15 is 0 Å². The van der Waals surface area contributed by atoms with E-state index in [1.54, 1.807) is 0 Å². The normalized spacial score (nSPS) is 21.5. The Labute approximate surface area is 92.0 Å². The van der Waals surface area contributed by atoms with Crippen molar-refractivity contribution in [3.8, 4) is 0 Å². The fraction of sp³-hybridized carbons (Fsp3) is 0.500. The van der Waals surface area contributed by atoms with Gasteiger partial charge in [0.1, 0.15) is 7.85 Å². The minimum atomic E-state index is -0.0173. The standard InChI is InChI=1S/C12H15BO2/c13-11-6-4-10(5-7-11)9-15-12-3-1-2-8-14-12/h4-7,12H,1-3,8-9H2. The number of hydrogen-bond acceptors (Lipinski definition) is 2. The molecule has 1 saturated heterocycles. The number of rotatable bonds is 3. The van der Waals surface area contributed by atoms with Gasteiger partial charge in [0.2, 0.25) is 0 Å². The molecule has 3 heteroatoms. The van der Waals surface area contributed by atoms with E-state index in [9.17, 15) is 0 Å². The molecule has 1 aromatic carbocycles. The monoisotopic (exact) mass is 202 g/mol. The summed E-state index contributed by atoms with van der Waals surface area (Å²) in [5.74, 6) is 0. The van der Waals surface area contributed by atoms with Crippen LogP contribution in [-0.4, -0.2) is 20.7 Å². The summed E-state index contributed by atoms with van der Waals surface area (Å²) in [6, 6.07) is 7.75. The highest BCUT2D eigenvalue weighted by Gasteiger charge is 2.13. The van der Waals surface area contributed by atoms with Crippen molar-refractivity contribution in [2.24, 2.45) is 0 Å². The fourth-order valence-corrected chi connectivity index (χ4v) is 1.65. The average molecular weight is 202 g/mol. The zero-order valence-corrected chi connectivity index (χ0v) is 8.82. The molecule has 2 rings (SSSR count). The largest absolute Gasteiger partial charge is 0.353 e. The zero-order chi connectivity index (χ0) is 10.5. The summed E-state index contributed by atoms with van der Waals surface area (Å²) in [7, 11) is 5.60. The van der Waals surface area contributed by atoms with Gasteiger partial charge in [-0.2, -0.15) is 0 Å². The zero-order valence-electron chi connectivity index (χ0n) is 8.82. The lowest BCUT2D eigenvalue weighted by Gasteiger charge is -2.22. The van der Waals surface area contributed by atoms with Crippen molar-refractivity contribution in [3.05, 3.63) is 29.8 Å². The van der Waals surface area contributed by atoms with Crippen LogP contribution >= 0.6 is 0 Å². The van der Waals surface area contributed by atoms with Crippen molar-refractivity contribution < 1.29 is 9.47 Å². The van der Waals surface area contributed by atoms with Crippen LogP contribution in [-0.2, 0) is 16.1 Å². The van der Waals surface area contributed by atoms with E-state index < -0.39 is 0 Å². The molecule has 1 aliphatic heterocycles. The van der Waals surface area contributed by atoms with Crippen molar-refractivity contribution in [3.63, 3.8) is 0 Å². The smallest absolute Gasteiger partial charge is 0.158 e. The van der Waals surface area contributed by atoms with Crippen LogP contribution in [0.15, 0.2) is 24.3 Å². The summed E-state index contributed by atoms with van der Waals surface area (Å²) in [6.45, 7) is 1.43. The molecule has 0 bridgehead atoms. The molecule has 78 valence electrons. The number of ether oxygens (including phenoxy) is 2. The third-order valence-electron chi connectivity index (χ3n) is 2.55. The summed E-state index contributed by atoms with van der Waals surface area (Å²) in [5.41, 5.74) is 1.92. The lowest BCUT2D eigenvalue weighted by Crippen LogP contribution is -2.22. The van der Waals surface area contributed by atoms with Gasteiger partial charge in [-0.1, -0.05) is 29.7 Å². The van der Waals surface area contributed by atoms with Gasteiger partial charge in [-0.05, 0) is 24.8 Å². The summed E-state index contributed by atoms with van der Waals surface area (Å²) < 4.78 is 11.1. The second-order valence-corrected chi connectivity index (χ2v) is 3.85. The van der Waals surface area contributed by atoms with E-state index in [0.29, 0.717) is 6.61 Å². The lowest BCUT2D eigenvalue weighted by molar-refractivity contribution is -0.168. The van der Waals surface area contributed by atoms with E-state index in [-0.39, 0.29) is 6.29 Å². The van der Waals surface area contributed by atoms with Crippen LogP contribution in [0.1, 0.15) is 24.8 Å². The van der Waals surface area contributed by atoms with Gasteiger partial charge >= 0.3 is 0 Å². The molecular weight excluding hydrogens is 187 g/mol. The Bertz CT molecular complexity index is 291. The third-order valence-corrected chi connectivity index (χ3v) is 2.55. The molecule has 2 radical (unpaired) electrons. The minimum Gasteiger partial charge on any atom is -0.353 e. The average Bonchev–Trinajstić information content (AvgIpc) is 2.30. The van der Waals surface area contributed by atoms with Crippen molar-refractivity contribution in [2.45, 2.75) is 32.2 Å². The first-order valence-electron chi connectivity index (χ1n) is 5.42. The van der Waals surface area contributed by atoms with E-state index in [1.807, 2.05) is 24.3 Å². The molecule has 1 atom stereocenters. The van der Waals surface area contributed by atoms with Gasteiger partial charge in [0.25, 0.3) is 0 Å².